The molecule has 1 heterocycles. The number of carbonyl (C=O) groups excluding carboxylic acids is 1. The van der Waals surface area contributed by atoms with Gasteiger partial charge in [-0.1, -0.05) is 25.1 Å². The smallest absolute Gasteiger partial charge is 0.272 e. The molecule has 0 atom stereocenters. The lowest BCUT2D eigenvalue weighted by Gasteiger charge is -2.09. The highest BCUT2D eigenvalue weighted by Crippen LogP contribution is 2.26. The van der Waals surface area contributed by atoms with Crippen LogP contribution in [0.5, 0.6) is 11.5 Å². The number of hydrogen-bond donors (Lipinski definition) is 1. The normalized spacial score (nSPS) is 11.0. The number of fused-ring (bicyclic) bond motifs is 1. The minimum Gasteiger partial charge on any atom is -0.497 e. The lowest BCUT2D eigenvalue weighted by molar-refractivity contribution is 0.0956. The molecule has 1 aromatic heterocycles. The van der Waals surface area contributed by atoms with E-state index in [4.69, 9.17) is 14.5 Å². The van der Waals surface area contributed by atoms with Crippen LogP contribution in [0.1, 0.15) is 29.3 Å². The lowest BCUT2D eigenvalue weighted by atomic mass is 10.0. The average molecular weight is 440 g/mol. The van der Waals surface area contributed by atoms with Gasteiger partial charge in [0.1, 0.15) is 11.5 Å². The first kappa shape index (κ1) is 22.0. The van der Waals surface area contributed by atoms with Crippen LogP contribution in [0, 0.1) is 0 Å². The van der Waals surface area contributed by atoms with Crippen LogP contribution in [0.4, 0.5) is 0 Å². The van der Waals surface area contributed by atoms with Crippen molar-refractivity contribution in [1.82, 2.24) is 10.4 Å². The molecule has 0 saturated carbocycles. The number of aromatic nitrogens is 1. The molecule has 4 rings (SSSR count). The monoisotopic (exact) mass is 439 g/mol. The van der Waals surface area contributed by atoms with E-state index in [-0.39, 0.29) is 5.91 Å². The number of para-hydroxylation sites is 1. The van der Waals surface area contributed by atoms with Gasteiger partial charge in [-0.05, 0) is 72.6 Å². The first-order valence-electron chi connectivity index (χ1n) is 10.8. The van der Waals surface area contributed by atoms with Gasteiger partial charge in [-0.25, -0.2) is 10.4 Å². The maximum Gasteiger partial charge on any atom is 0.272 e. The van der Waals surface area contributed by atoms with Gasteiger partial charge in [0.25, 0.3) is 5.91 Å². The third kappa shape index (κ3) is 5.36. The Morgan fingerprint density at radius 3 is 2.45 bits per heavy atom. The van der Waals surface area contributed by atoms with Crippen LogP contribution in [0.3, 0.4) is 0 Å². The standard InChI is InChI=1S/C27H25N3O3/c1-3-16-33-22-12-8-19(9-13-22)18-28-30-27(31)24-17-26(20-10-14-21(32-2)15-11-20)29-25-7-5-4-6-23(24)25/h4-15,17-18H,3,16H2,1-2H3,(H,30,31)/b28-18-. The van der Waals surface area contributed by atoms with Gasteiger partial charge in [-0.3, -0.25) is 4.79 Å². The molecule has 0 bridgehead atoms. The highest BCUT2D eigenvalue weighted by Gasteiger charge is 2.13. The van der Waals surface area contributed by atoms with E-state index < -0.39 is 0 Å². The zero-order chi connectivity index (χ0) is 23.0. The Morgan fingerprint density at radius 2 is 1.73 bits per heavy atom. The summed E-state index contributed by atoms with van der Waals surface area (Å²) in [5.74, 6) is 1.27. The van der Waals surface area contributed by atoms with E-state index in [1.165, 1.54) is 0 Å². The number of rotatable bonds is 8. The minimum absolute atomic E-state index is 0.303. The molecule has 0 saturated heterocycles. The zero-order valence-corrected chi connectivity index (χ0v) is 18.6. The number of hydrazone groups is 1. The Labute approximate surface area is 192 Å². The second-order valence-corrected chi connectivity index (χ2v) is 7.42. The minimum atomic E-state index is -0.303. The molecule has 6 nitrogen and oxygen atoms in total. The number of hydrogen-bond acceptors (Lipinski definition) is 5. The van der Waals surface area contributed by atoms with E-state index in [0.717, 1.165) is 39.9 Å². The Bertz CT molecular complexity index is 1270. The molecule has 166 valence electrons. The Hall–Kier alpha value is -4.19. The van der Waals surface area contributed by atoms with Crippen molar-refractivity contribution in [2.24, 2.45) is 5.10 Å². The number of benzene rings is 3. The molecule has 0 radical (unpaired) electrons. The molecule has 0 aliphatic carbocycles. The van der Waals surface area contributed by atoms with Crippen LogP contribution < -0.4 is 14.9 Å². The fourth-order valence-corrected chi connectivity index (χ4v) is 3.37. The van der Waals surface area contributed by atoms with Crippen molar-refractivity contribution in [3.05, 3.63) is 90.0 Å². The van der Waals surface area contributed by atoms with Gasteiger partial charge < -0.3 is 9.47 Å². The van der Waals surface area contributed by atoms with Crippen molar-refractivity contribution in [2.75, 3.05) is 13.7 Å². The summed E-state index contributed by atoms with van der Waals surface area (Å²) in [6.45, 7) is 2.75. The fourth-order valence-electron chi connectivity index (χ4n) is 3.37. The first-order valence-corrected chi connectivity index (χ1v) is 10.8. The van der Waals surface area contributed by atoms with Crippen molar-refractivity contribution < 1.29 is 14.3 Å². The highest BCUT2D eigenvalue weighted by atomic mass is 16.5. The van der Waals surface area contributed by atoms with Gasteiger partial charge in [-0.2, -0.15) is 5.10 Å². The van der Waals surface area contributed by atoms with Gasteiger partial charge in [0.2, 0.25) is 0 Å². The molecule has 0 aliphatic rings. The van der Waals surface area contributed by atoms with Crippen LogP contribution in [0.2, 0.25) is 0 Å². The Morgan fingerprint density at radius 1 is 1.00 bits per heavy atom. The average Bonchev–Trinajstić information content (AvgIpc) is 2.87. The summed E-state index contributed by atoms with van der Waals surface area (Å²) < 4.78 is 10.8. The van der Waals surface area contributed by atoms with E-state index in [1.807, 2.05) is 72.8 Å². The van der Waals surface area contributed by atoms with Crippen molar-refractivity contribution in [3.63, 3.8) is 0 Å². The number of amides is 1. The molecule has 0 aliphatic heterocycles. The third-order valence-corrected chi connectivity index (χ3v) is 5.08. The van der Waals surface area contributed by atoms with Crippen molar-refractivity contribution in [3.8, 4) is 22.8 Å². The Kier molecular flexibility index (Phi) is 6.95. The largest absolute Gasteiger partial charge is 0.497 e. The van der Waals surface area contributed by atoms with Gasteiger partial charge in [-0.15, -0.1) is 0 Å². The van der Waals surface area contributed by atoms with Crippen LogP contribution in [-0.2, 0) is 0 Å². The second kappa shape index (κ2) is 10.4. The Balaban J connectivity index is 1.56. The van der Waals surface area contributed by atoms with E-state index in [1.54, 1.807) is 19.4 Å². The lowest BCUT2D eigenvalue weighted by Crippen LogP contribution is -2.18. The van der Waals surface area contributed by atoms with E-state index in [2.05, 4.69) is 17.5 Å². The van der Waals surface area contributed by atoms with Gasteiger partial charge in [0, 0.05) is 10.9 Å². The molecule has 1 amide bonds. The van der Waals surface area contributed by atoms with E-state index in [9.17, 15) is 4.79 Å². The predicted octanol–water partition coefficient (Wildman–Crippen LogP) is 5.46. The molecule has 0 unspecified atom stereocenters. The number of carbonyl (C=O) groups is 1. The predicted molar refractivity (Wildman–Crippen MR) is 131 cm³/mol. The quantitative estimate of drug-likeness (QED) is 0.292. The van der Waals surface area contributed by atoms with Gasteiger partial charge >= 0.3 is 0 Å². The van der Waals surface area contributed by atoms with E-state index >= 15 is 0 Å². The topological polar surface area (TPSA) is 72.8 Å². The van der Waals surface area contributed by atoms with Crippen LogP contribution in [-0.4, -0.2) is 30.8 Å². The molecule has 0 fully saturated rings. The number of pyridine rings is 1. The molecular formula is C27H25N3O3. The van der Waals surface area contributed by atoms with Gasteiger partial charge in [0.05, 0.1) is 36.7 Å². The van der Waals surface area contributed by atoms with Crippen molar-refractivity contribution in [1.29, 1.82) is 0 Å². The van der Waals surface area contributed by atoms with E-state index in [0.29, 0.717) is 17.9 Å². The van der Waals surface area contributed by atoms with Crippen molar-refractivity contribution >= 4 is 23.0 Å². The summed E-state index contributed by atoms with van der Waals surface area (Å²) in [5, 5.41) is 4.90. The number of ether oxygens (including phenoxy) is 2. The zero-order valence-electron chi connectivity index (χ0n) is 18.6. The SMILES string of the molecule is CCCOc1ccc(/C=N\NC(=O)c2cc(-c3ccc(OC)cc3)nc3ccccc23)cc1. The summed E-state index contributed by atoms with van der Waals surface area (Å²) in [5.41, 5.74) is 6.34. The molecule has 3 aromatic carbocycles. The number of nitrogens with one attached hydrogen (secondary N) is 1. The maximum absolute atomic E-state index is 13.0. The fraction of sp³-hybridized carbons (Fsp3) is 0.148. The summed E-state index contributed by atoms with van der Waals surface area (Å²) in [6, 6.07) is 24.5. The highest BCUT2D eigenvalue weighted by molar-refractivity contribution is 6.07. The summed E-state index contributed by atoms with van der Waals surface area (Å²) >= 11 is 0. The third-order valence-electron chi connectivity index (χ3n) is 5.08. The number of methoxy groups -OCH3 is 1. The second-order valence-electron chi connectivity index (χ2n) is 7.42. The molecule has 33 heavy (non-hydrogen) atoms. The van der Waals surface area contributed by atoms with Crippen LogP contribution in [0.15, 0.2) is 84.0 Å². The number of nitrogens with zero attached hydrogens (tertiary/aromatic N) is 2. The molecule has 0 spiro atoms. The summed E-state index contributed by atoms with van der Waals surface area (Å²) in [4.78, 5) is 17.7. The molecule has 6 heteroatoms. The van der Waals surface area contributed by atoms with Crippen LogP contribution >= 0.6 is 0 Å². The van der Waals surface area contributed by atoms with Crippen molar-refractivity contribution in [2.45, 2.75) is 13.3 Å². The summed E-state index contributed by atoms with van der Waals surface area (Å²) in [6.07, 6.45) is 2.56. The maximum atomic E-state index is 13.0. The first-order chi connectivity index (χ1) is 16.2. The molecule has 4 aromatic rings. The van der Waals surface area contributed by atoms with Crippen LogP contribution in [0.25, 0.3) is 22.2 Å². The molecular weight excluding hydrogens is 414 g/mol. The molecule has 1 N–H and O–H groups in total. The summed E-state index contributed by atoms with van der Waals surface area (Å²) in [7, 11) is 1.63. The van der Waals surface area contributed by atoms with Gasteiger partial charge in [0.15, 0.2) is 0 Å².